The van der Waals surface area contributed by atoms with Crippen molar-refractivity contribution in [1.29, 1.82) is 0 Å². The number of hydrogen-bond donors (Lipinski definition) is 0. The third kappa shape index (κ3) is 1.16. The largest absolute Gasteiger partial charge is 0.328 e. The van der Waals surface area contributed by atoms with Gasteiger partial charge in [0.25, 0.3) is 0 Å². The van der Waals surface area contributed by atoms with Gasteiger partial charge in [-0.1, -0.05) is 0 Å². The van der Waals surface area contributed by atoms with Crippen molar-refractivity contribution >= 4 is 6.29 Å². The lowest BCUT2D eigenvalue weighted by atomic mass is 10.4. The average Bonchev–Trinajstić information content (AvgIpc) is 2.37. The highest BCUT2D eigenvalue weighted by Gasteiger charge is 1.97. The van der Waals surface area contributed by atoms with Crippen molar-refractivity contribution in [1.82, 2.24) is 9.55 Å². The van der Waals surface area contributed by atoms with Crippen LogP contribution in [-0.2, 0) is 4.79 Å². The predicted octanol–water partition coefficient (Wildman–Crippen LogP) is 0.643. The SMILES string of the molecule is CC(C=O)n1ccnc1. The van der Waals surface area contributed by atoms with E-state index in [-0.39, 0.29) is 6.04 Å². The van der Waals surface area contributed by atoms with Crippen LogP contribution in [0.4, 0.5) is 0 Å². The number of aldehydes is 1. The number of hydrogen-bond acceptors (Lipinski definition) is 2. The number of rotatable bonds is 2. The highest BCUT2D eigenvalue weighted by atomic mass is 16.1. The number of aromatic nitrogens is 2. The molecule has 0 spiro atoms. The standard InChI is InChI=1S/C6H8N2O/c1-6(4-9)8-3-2-7-5-8/h2-6H,1H3. The van der Waals surface area contributed by atoms with E-state index < -0.39 is 0 Å². The Balaban J connectivity index is 2.76. The molecule has 1 rings (SSSR count). The van der Waals surface area contributed by atoms with Gasteiger partial charge in [0.05, 0.1) is 12.4 Å². The van der Waals surface area contributed by atoms with E-state index in [1.165, 1.54) is 0 Å². The van der Waals surface area contributed by atoms with Crippen molar-refractivity contribution in [2.24, 2.45) is 0 Å². The number of carbonyl (C=O) groups excluding carboxylic acids is 1. The Hall–Kier alpha value is -1.12. The maximum atomic E-state index is 10.2. The summed E-state index contributed by atoms with van der Waals surface area (Å²) in [4.78, 5) is 13.9. The summed E-state index contributed by atoms with van der Waals surface area (Å²) in [5.74, 6) is 0. The van der Waals surface area contributed by atoms with Gasteiger partial charge in [-0.2, -0.15) is 0 Å². The number of imidazole rings is 1. The van der Waals surface area contributed by atoms with E-state index in [9.17, 15) is 4.79 Å². The van der Waals surface area contributed by atoms with Crippen molar-refractivity contribution < 1.29 is 4.79 Å². The van der Waals surface area contributed by atoms with Crippen LogP contribution in [0.2, 0.25) is 0 Å². The molecule has 9 heavy (non-hydrogen) atoms. The highest BCUT2D eigenvalue weighted by Crippen LogP contribution is 1.97. The molecule has 0 amide bonds. The predicted molar refractivity (Wildman–Crippen MR) is 33.0 cm³/mol. The fraction of sp³-hybridized carbons (Fsp3) is 0.333. The Kier molecular flexibility index (Phi) is 1.63. The minimum atomic E-state index is -0.0903. The fourth-order valence-electron chi connectivity index (χ4n) is 0.581. The zero-order valence-electron chi connectivity index (χ0n) is 5.19. The molecule has 0 aliphatic rings. The van der Waals surface area contributed by atoms with Crippen molar-refractivity contribution in [2.45, 2.75) is 13.0 Å². The van der Waals surface area contributed by atoms with Crippen molar-refractivity contribution in [3.05, 3.63) is 18.7 Å². The van der Waals surface area contributed by atoms with Crippen LogP contribution >= 0.6 is 0 Å². The summed E-state index contributed by atoms with van der Waals surface area (Å²) in [5.41, 5.74) is 0. The summed E-state index contributed by atoms with van der Waals surface area (Å²) >= 11 is 0. The molecule has 0 saturated carbocycles. The Morgan fingerprint density at radius 3 is 3.00 bits per heavy atom. The van der Waals surface area contributed by atoms with E-state index in [2.05, 4.69) is 4.98 Å². The second kappa shape index (κ2) is 2.44. The second-order valence-electron chi connectivity index (χ2n) is 1.89. The maximum Gasteiger partial charge on any atom is 0.142 e. The summed E-state index contributed by atoms with van der Waals surface area (Å²) in [6.07, 6.45) is 5.92. The molecule has 48 valence electrons. The molecule has 1 atom stereocenters. The molecular formula is C6H8N2O. The number of nitrogens with zero attached hydrogens (tertiary/aromatic N) is 2. The molecule has 0 aromatic carbocycles. The fourth-order valence-corrected chi connectivity index (χ4v) is 0.581. The van der Waals surface area contributed by atoms with Gasteiger partial charge in [0.2, 0.25) is 0 Å². The summed E-state index contributed by atoms with van der Waals surface area (Å²) in [6, 6.07) is -0.0903. The Labute approximate surface area is 53.3 Å². The summed E-state index contributed by atoms with van der Waals surface area (Å²) in [6.45, 7) is 1.81. The van der Waals surface area contributed by atoms with E-state index in [4.69, 9.17) is 0 Å². The first-order valence-electron chi connectivity index (χ1n) is 2.77. The molecule has 0 bridgehead atoms. The first-order valence-corrected chi connectivity index (χ1v) is 2.77. The Morgan fingerprint density at radius 2 is 2.56 bits per heavy atom. The molecule has 0 aliphatic carbocycles. The minimum Gasteiger partial charge on any atom is -0.328 e. The smallest absolute Gasteiger partial charge is 0.142 e. The van der Waals surface area contributed by atoms with Crippen LogP contribution in [0.1, 0.15) is 13.0 Å². The van der Waals surface area contributed by atoms with Gasteiger partial charge in [0, 0.05) is 12.4 Å². The van der Waals surface area contributed by atoms with Crippen LogP contribution in [0.5, 0.6) is 0 Å². The van der Waals surface area contributed by atoms with Crippen molar-refractivity contribution in [3.63, 3.8) is 0 Å². The summed E-state index contributed by atoms with van der Waals surface area (Å²) < 4.78 is 1.74. The normalized spacial score (nSPS) is 13.0. The lowest BCUT2D eigenvalue weighted by Crippen LogP contribution is -2.02. The average molecular weight is 124 g/mol. The van der Waals surface area contributed by atoms with Crippen LogP contribution in [0.15, 0.2) is 18.7 Å². The molecular weight excluding hydrogens is 116 g/mol. The van der Waals surface area contributed by atoms with Crippen LogP contribution < -0.4 is 0 Å². The first kappa shape index (κ1) is 6.01. The molecule has 1 heterocycles. The summed E-state index contributed by atoms with van der Waals surface area (Å²) in [7, 11) is 0. The van der Waals surface area contributed by atoms with Gasteiger partial charge in [-0.15, -0.1) is 0 Å². The molecule has 0 saturated heterocycles. The van der Waals surface area contributed by atoms with Gasteiger partial charge in [-0.25, -0.2) is 4.98 Å². The third-order valence-electron chi connectivity index (χ3n) is 1.19. The van der Waals surface area contributed by atoms with E-state index in [1.54, 1.807) is 23.3 Å². The molecule has 3 nitrogen and oxygen atoms in total. The lowest BCUT2D eigenvalue weighted by molar-refractivity contribution is -0.110. The van der Waals surface area contributed by atoms with Gasteiger partial charge >= 0.3 is 0 Å². The maximum absolute atomic E-state index is 10.2. The molecule has 1 aromatic heterocycles. The molecule has 1 aromatic rings. The van der Waals surface area contributed by atoms with Crippen LogP contribution in [-0.4, -0.2) is 15.8 Å². The minimum absolute atomic E-state index is 0.0903. The third-order valence-corrected chi connectivity index (χ3v) is 1.19. The van der Waals surface area contributed by atoms with Gasteiger partial charge < -0.3 is 9.36 Å². The van der Waals surface area contributed by atoms with Gasteiger partial charge in [-0.05, 0) is 6.92 Å². The molecule has 1 unspecified atom stereocenters. The monoisotopic (exact) mass is 124 g/mol. The highest BCUT2D eigenvalue weighted by molar-refractivity contribution is 5.54. The van der Waals surface area contributed by atoms with Gasteiger partial charge in [0.15, 0.2) is 0 Å². The lowest BCUT2D eigenvalue weighted by Gasteiger charge is -2.01. The number of carbonyl (C=O) groups is 1. The van der Waals surface area contributed by atoms with Crippen LogP contribution in [0.3, 0.4) is 0 Å². The topological polar surface area (TPSA) is 34.9 Å². The first-order chi connectivity index (χ1) is 4.34. The van der Waals surface area contributed by atoms with E-state index in [0.29, 0.717) is 0 Å². The van der Waals surface area contributed by atoms with Crippen LogP contribution in [0, 0.1) is 0 Å². The van der Waals surface area contributed by atoms with Crippen molar-refractivity contribution in [2.75, 3.05) is 0 Å². The zero-order chi connectivity index (χ0) is 6.69. The van der Waals surface area contributed by atoms with E-state index in [0.717, 1.165) is 6.29 Å². The molecule has 0 radical (unpaired) electrons. The van der Waals surface area contributed by atoms with Gasteiger partial charge in [-0.3, -0.25) is 0 Å². The molecule has 0 fully saturated rings. The molecule has 0 aliphatic heterocycles. The Morgan fingerprint density at radius 1 is 1.78 bits per heavy atom. The van der Waals surface area contributed by atoms with E-state index >= 15 is 0 Å². The quantitative estimate of drug-likeness (QED) is 0.542. The zero-order valence-corrected chi connectivity index (χ0v) is 5.19. The molecule has 0 N–H and O–H groups in total. The second-order valence-corrected chi connectivity index (χ2v) is 1.89. The van der Waals surface area contributed by atoms with Crippen molar-refractivity contribution in [3.8, 4) is 0 Å². The van der Waals surface area contributed by atoms with E-state index in [1.807, 2.05) is 6.92 Å². The summed E-state index contributed by atoms with van der Waals surface area (Å²) in [5, 5.41) is 0. The van der Waals surface area contributed by atoms with Gasteiger partial charge in [0.1, 0.15) is 6.29 Å². The van der Waals surface area contributed by atoms with Crippen LogP contribution in [0.25, 0.3) is 0 Å². The Bertz CT molecular complexity index is 181. The molecule has 3 heteroatoms.